The zero-order chi connectivity index (χ0) is 14.2. The van der Waals surface area contributed by atoms with Crippen molar-refractivity contribution in [1.29, 1.82) is 0 Å². The molecule has 1 fully saturated rings. The van der Waals surface area contributed by atoms with Gasteiger partial charge in [0.2, 0.25) is 0 Å². The van der Waals surface area contributed by atoms with Gasteiger partial charge in [0.15, 0.2) is 5.82 Å². The molecule has 1 aromatic heterocycles. The van der Waals surface area contributed by atoms with Crippen molar-refractivity contribution in [3.05, 3.63) is 17.8 Å². The average molecular weight is 263 g/mol. The van der Waals surface area contributed by atoms with Gasteiger partial charge in [0.25, 0.3) is 0 Å². The molecule has 5 heteroatoms. The second-order valence-electron chi connectivity index (χ2n) is 6.20. The Morgan fingerprint density at radius 2 is 2.21 bits per heavy atom. The van der Waals surface area contributed by atoms with E-state index in [1.165, 1.54) is 12.3 Å². The Hall–Kier alpha value is -1.78. The molecule has 5 nitrogen and oxygen atoms in total. The number of pyridine rings is 1. The van der Waals surface area contributed by atoms with Crippen molar-refractivity contribution in [3.63, 3.8) is 0 Å². The third-order valence-corrected chi connectivity index (χ3v) is 3.91. The van der Waals surface area contributed by atoms with Crippen molar-refractivity contribution in [2.24, 2.45) is 11.3 Å². The molecule has 1 aliphatic heterocycles. The van der Waals surface area contributed by atoms with Gasteiger partial charge in [-0.3, -0.25) is 0 Å². The number of aromatic nitrogens is 1. The number of carboxylic acids is 1. The summed E-state index contributed by atoms with van der Waals surface area (Å²) in [5, 5.41) is 9.09. The van der Waals surface area contributed by atoms with Crippen LogP contribution in [0.1, 0.15) is 37.6 Å². The highest BCUT2D eigenvalue weighted by molar-refractivity contribution is 5.96. The number of anilines is 2. The number of nitrogens with two attached hydrogens (primary N) is 1. The van der Waals surface area contributed by atoms with Crippen LogP contribution in [0.4, 0.5) is 11.5 Å². The van der Waals surface area contributed by atoms with E-state index in [0.717, 1.165) is 19.5 Å². The summed E-state index contributed by atoms with van der Waals surface area (Å²) in [6.45, 7) is 8.44. The Morgan fingerprint density at radius 1 is 1.53 bits per heavy atom. The maximum atomic E-state index is 11.1. The van der Waals surface area contributed by atoms with E-state index in [4.69, 9.17) is 10.8 Å². The highest BCUT2D eigenvalue weighted by Crippen LogP contribution is 2.36. The van der Waals surface area contributed by atoms with E-state index in [9.17, 15) is 4.79 Å². The molecule has 1 saturated heterocycles. The Balaban J connectivity index is 2.25. The van der Waals surface area contributed by atoms with Crippen LogP contribution < -0.4 is 10.6 Å². The first-order valence-electron chi connectivity index (χ1n) is 6.53. The van der Waals surface area contributed by atoms with Crippen LogP contribution in [0.2, 0.25) is 0 Å². The average Bonchev–Trinajstić information content (AvgIpc) is 2.77. The van der Waals surface area contributed by atoms with Gasteiger partial charge in [0.1, 0.15) is 0 Å². The van der Waals surface area contributed by atoms with Crippen LogP contribution in [0.15, 0.2) is 12.3 Å². The van der Waals surface area contributed by atoms with Gasteiger partial charge in [-0.25, -0.2) is 9.78 Å². The summed E-state index contributed by atoms with van der Waals surface area (Å²) in [5.74, 6) is 0.168. The number of nitrogen functional groups attached to an aromatic ring is 1. The second kappa shape index (κ2) is 4.72. The molecule has 1 aromatic rings. The Kier molecular flexibility index (Phi) is 3.39. The summed E-state index contributed by atoms with van der Waals surface area (Å²) in [6, 6.07) is 1.44. The lowest BCUT2D eigenvalue weighted by atomic mass is 9.80. The minimum atomic E-state index is -1.01. The first-order valence-corrected chi connectivity index (χ1v) is 6.53. The van der Waals surface area contributed by atoms with Gasteiger partial charge < -0.3 is 15.7 Å². The smallest absolute Gasteiger partial charge is 0.337 e. The topological polar surface area (TPSA) is 79.5 Å². The third kappa shape index (κ3) is 2.64. The molecule has 0 saturated carbocycles. The van der Waals surface area contributed by atoms with Gasteiger partial charge in [-0.15, -0.1) is 0 Å². The normalized spacial score (nSPS) is 19.7. The van der Waals surface area contributed by atoms with E-state index in [2.05, 4.69) is 30.7 Å². The molecule has 2 rings (SSSR count). The van der Waals surface area contributed by atoms with Gasteiger partial charge in [-0.2, -0.15) is 0 Å². The van der Waals surface area contributed by atoms with Crippen LogP contribution in [0.25, 0.3) is 0 Å². The van der Waals surface area contributed by atoms with Crippen LogP contribution in [0.3, 0.4) is 0 Å². The predicted molar refractivity (Wildman–Crippen MR) is 75.4 cm³/mol. The number of nitrogens with zero attached hydrogens (tertiary/aromatic N) is 2. The summed E-state index contributed by atoms with van der Waals surface area (Å²) >= 11 is 0. The molecular weight excluding hydrogens is 242 g/mol. The Labute approximate surface area is 113 Å². The van der Waals surface area contributed by atoms with E-state index in [1.54, 1.807) is 0 Å². The van der Waals surface area contributed by atoms with Gasteiger partial charge in [0.05, 0.1) is 11.3 Å². The number of hydrogen-bond acceptors (Lipinski definition) is 4. The van der Waals surface area contributed by atoms with Crippen LogP contribution in [-0.2, 0) is 0 Å². The first-order chi connectivity index (χ1) is 8.80. The molecule has 0 spiro atoms. The van der Waals surface area contributed by atoms with Gasteiger partial charge in [0, 0.05) is 19.3 Å². The highest BCUT2D eigenvalue weighted by atomic mass is 16.4. The molecule has 0 amide bonds. The van der Waals surface area contributed by atoms with E-state index in [-0.39, 0.29) is 16.7 Å². The summed E-state index contributed by atoms with van der Waals surface area (Å²) in [7, 11) is 0. The number of rotatable bonds is 2. The molecule has 0 aromatic carbocycles. The summed E-state index contributed by atoms with van der Waals surface area (Å²) in [6.07, 6.45) is 2.60. The van der Waals surface area contributed by atoms with E-state index >= 15 is 0 Å². The number of aromatic carboxylic acids is 1. The van der Waals surface area contributed by atoms with Crippen LogP contribution >= 0.6 is 0 Å². The van der Waals surface area contributed by atoms with E-state index in [1.807, 2.05) is 0 Å². The molecule has 1 atom stereocenters. The Morgan fingerprint density at radius 3 is 2.74 bits per heavy atom. The molecule has 104 valence electrons. The van der Waals surface area contributed by atoms with Crippen molar-refractivity contribution in [2.45, 2.75) is 27.2 Å². The van der Waals surface area contributed by atoms with Gasteiger partial charge in [-0.1, -0.05) is 20.8 Å². The SMILES string of the molecule is CC(C)(C)C1CCN(c2nccc(C(=O)O)c2N)C1. The van der Waals surface area contributed by atoms with E-state index < -0.39 is 5.97 Å². The standard InChI is InChI=1S/C14H21N3O2/c1-14(2,3)9-5-7-17(8-9)12-11(15)10(13(18)19)4-6-16-12/h4,6,9H,5,7-8,15H2,1-3H3,(H,18,19). The maximum absolute atomic E-state index is 11.1. The van der Waals surface area contributed by atoms with Crippen molar-refractivity contribution >= 4 is 17.5 Å². The summed E-state index contributed by atoms with van der Waals surface area (Å²) in [5.41, 5.74) is 6.57. The largest absolute Gasteiger partial charge is 0.478 e. The monoisotopic (exact) mass is 263 g/mol. The molecule has 2 heterocycles. The zero-order valence-corrected chi connectivity index (χ0v) is 11.7. The van der Waals surface area contributed by atoms with Gasteiger partial charge in [-0.05, 0) is 23.8 Å². The van der Waals surface area contributed by atoms with Gasteiger partial charge >= 0.3 is 5.97 Å². The lowest BCUT2D eigenvalue weighted by molar-refractivity contribution is 0.0698. The summed E-state index contributed by atoms with van der Waals surface area (Å²) < 4.78 is 0. The molecule has 0 aliphatic carbocycles. The lowest BCUT2D eigenvalue weighted by Gasteiger charge is -2.27. The van der Waals surface area contributed by atoms with Crippen LogP contribution in [0.5, 0.6) is 0 Å². The zero-order valence-electron chi connectivity index (χ0n) is 11.7. The third-order valence-electron chi connectivity index (χ3n) is 3.91. The molecule has 3 N–H and O–H groups in total. The first kappa shape index (κ1) is 13.6. The number of carboxylic acid groups (broad SMARTS) is 1. The molecule has 1 unspecified atom stereocenters. The molecule has 1 aliphatic rings. The van der Waals surface area contributed by atoms with Crippen LogP contribution in [0, 0.1) is 11.3 Å². The van der Waals surface area contributed by atoms with Crippen molar-refractivity contribution in [2.75, 3.05) is 23.7 Å². The predicted octanol–water partition coefficient (Wildman–Crippen LogP) is 2.23. The molecule has 0 radical (unpaired) electrons. The lowest BCUT2D eigenvalue weighted by Crippen LogP contribution is -2.27. The fourth-order valence-electron chi connectivity index (χ4n) is 2.56. The quantitative estimate of drug-likeness (QED) is 0.855. The van der Waals surface area contributed by atoms with Crippen molar-refractivity contribution < 1.29 is 9.90 Å². The summed E-state index contributed by atoms with van der Waals surface area (Å²) in [4.78, 5) is 17.4. The fraction of sp³-hybridized carbons (Fsp3) is 0.571. The van der Waals surface area contributed by atoms with Crippen LogP contribution in [-0.4, -0.2) is 29.1 Å². The minimum absolute atomic E-state index is 0.129. The van der Waals surface area contributed by atoms with E-state index in [0.29, 0.717) is 11.7 Å². The van der Waals surface area contributed by atoms with Crippen molar-refractivity contribution in [1.82, 2.24) is 4.98 Å². The number of carbonyl (C=O) groups is 1. The molecular formula is C14H21N3O2. The minimum Gasteiger partial charge on any atom is -0.478 e. The number of hydrogen-bond donors (Lipinski definition) is 2. The second-order valence-corrected chi connectivity index (χ2v) is 6.20. The fourth-order valence-corrected chi connectivity index (χ4v) is 2.56. The highest BCUT2D eigenvalue weighted by Gasteiger charge is 2.33. The maximum Gasteiger partial charge on any atom is 0.337 e. The Bertz CT molecular complexity index is 494. The molecule has 0 bridgehead atoms. The molecule has 19 heavy (non-hydrogen) atoms. The van der Waals surface area contributed by atoms with Crippen molar-refractivity contribution in [3.8, 4) is 0 Å².